The summed E-state index contributed by atoms with van der Waals surface area (Å²) in [4.78, 5) is 2.02. The van der Waals surface area contributed by atoms with Crippen LogP contribution in [0.25, 0.3) is 0 Å². The van der Waals surface area contributed by atoms with Gasteiger partial charge in [0.15, 0.2) is 0 Å². The van der Waals surface area contributed by atoms with Crippen LogP contribution in [-0.2, 0) is 13.1 Å². The van der Waals surface area contributed by atoms with Crippen LogP contribution in [0.1, 0.15) is 16.7 Å². The van der Waals surface area contributed by atoms with E-state index in [1.807, 2.05) is 42.3 Å². The first-order valence-corrected chi connectivity index (χ1v) is 7.00. The molecule has 0 saturated carbocycles. The molecule has 2 nitrogen and oxygen atoms in total. The fraction of sp³-hybridized carbons (Fsp3) is 0.188. The van der Waals surface area contributed by atoms with E-state index in [-0.39, 0.29) is 5.56 Å². The molecule has 0 aliphatic rings. The lowest BCUT2D eigenvalue weighted by atomic mass is 10.1. The van der Waals surface area contributed by atoms with Crippen LogP contribution in [0.15, 0.2) is 46.9 Å². The number of rotatable bonds is 4. The summed E-state index contributed by atoms with van der Waals surface area (Å²) in [6.07, 6.45) is 0. The number of nitriles is 1. The van der Waals surface area contributed by atoms with Gasteiger partial charge < -0.3 is 0 Å². The average Bonchev–Trinajstić information content (AvgIpc) is 2.44. The second kappa shape index (κ2) is 6.65. The number of benzene rings is 2. The smallest absolute Gasteiger partial charge is 0.145 e. The number of hydrogen-bond acceptors (Lipinski definition) is 2. The van der Waals surface area contributed by atoms with Gasteiger partial charge in [0.1, 0.15) is 11.9 Å². The lowest BCUT2D eigenvalue weighted by Crippen LogP contribution is -2.18. The van der Waals surface area contributed by atoms with Crippen molar-refractivity contribution in [2.75, 3.05) is 7.05 Å². The van der Waals surface area contributed by atoms with Gasteiger partial charge in [-0.3, -0.25) is 4.90 Å². The highest BCUT2D eigenvalue weighted by Gasteiger charge is 2.10. The van der Waals surface area contributed by atoms with Crippen LogP contribution in [0.2, 0.25) is 0 Å². The van der Waals surface area contributed by atoms with Crippen LogP contribution in [0, 0.1) is 17.1 Å². The molecule has 0 radical (unpaired) electrons. The highest BCUT2D eigenvalue weighted by atomic mass is 79.9. The molecule has 102 valence electrons. The molecule has 0 unspecified atom stereocenters. The van der Waals surface area contributed by atoms with E-state index in [0.717, 1.165) is 16.6 Å². The van der Waals surface area contributed by atoms with Crippen molar-refractivity contribution in [3.8, 4) is 6.07 Å². The van der Waals surface area contributed by atoms with Crippen LogP contribution in [0.4, 0.5) is 4.39 Å². The minimum Gasteiger partial charge on any atom is -0.298 e. The Balaban J connectivity index is 2.07. The van der Waals surface area contributed by atoms with Gasteiger partial charge in [-0.1, -0.05) is 40.2 Å². The van der Waals surface area contributed by atoms with Gasteiger partial charge in [0.25, 0.3) is 0 Å². The predicted molar refractivity (Wildman–Crippen MR) is 80.4 cm³/mol. The molecule has 4 heteroatoms. The normalized spacial score (nSPS) is 10.6. The first kappa shape index (κ1) is 14.7. The van der Waals surface area contributed by atoms with Gasteiger partial charge in [-0.25, -0.2) is 4.39 Å². The van der Waals surface area contributed by atoms with Crippen LogP contribution in [0.5, 0.6) is 0 Å². The number of nitrogens with zero attached hydrogens (tertiary/aromatic N) is 2. The molecule has 0 atom stereocenters. The van der Waals surface area contributed by atoms with Crippen molar-refractivity contribution >= 4 is 15.9 Å². The Labute approximate surface area is 126 Å². The molecule has 2 rings (SSSR count). The van der Waals surface area contributed by atoms with Crippen LogP contribution < -0.4 is 0 Å². The summed E-state index contributed by atoms with van der Waals surface area (Å²) in [5.41, 5.74) is 1.80. The van der Waals surface area contributed by atoms with Gasteiger partial charge in [-0.15, -0.1) is 0 Å². The maximum atomic E-state index is 14.0. The highest BCUT2D eigenvalue weighted by molar-refractivity contribution is 9.10. The Bertz CT molecular complexity index is 632. The summed E-state index contributed by atoms with van der Waals surface area (Å²) < 4.78 is 15.0. The van der Waals surface area contributed by atoms with Gasteiger partial charge in [-0.05, 0) is 30.8 Å². The third-order valence-electron chi connectivity index (χ3n) is 3.01. The maximum absolute atomic E-state index is 14.0. The molecule has 0 spiro atoms. The van der Waals surface area contributed by atoms with E-state index in [1.165, 1.54) is 6.07 Å². The zero-order chi connectivity index (χ0) is 14.5. The molecule has 0 fully saturated rings. The Morgan fingerprint density at radius 2 is 1.85 bits per heavy atom. The summed E-state index contributed by atoms with van der Waals surface area (Å²) >= 11 is 3.40. The lowest BCUT2D eigenvalue weighted by molar-refractivity contribution is 0.313. The lowest BCUT2D eigenvalue weighted by Gasteiger charge is -2.17. The Morgan fingerprint density at radius 3 is 2.50 bits per heavy atom. The van der Waals surface area contributed by atoms with Gasteiger partial charge >= 0.3 is 0 Å². The number of hydrogen-bond donors (Lipinski definition) is 0. The first-order valence-electron chi connectivity index (χ1n) is 6.20. The van der Waals surface area contributed by atoms with Crippen LogP contribution in [-0.4, -0.2) is 11.9 Å². The van der Waals surface area contributed by atoms with Gasteiger partial charge in [-0.2, -0.15) is 5.26 Å². The van der Waals surface area contributed by atoms with E-state index >= 15 is 0 Å². The first-order chi connectivity index (χ1) is 9.60. The van der Waals surface area contributed by atoms with E-state index in [9.17, 15) is 4.39 Å². The molecule has 0 aliphatic heterocycles. The maximum Gasteiger partial charge on any atom is 0.145 e. The molecule has 0 heterocycles. The van der Waals surface area contributed by atoms with E-state index in [1.54, 1.807) is 12.1 Å². The van der Waals surface area contributed by atoms with E-state index < -0.39 is 5.82 Å². The molecule has 20 heavy (non-hydrogen) atoms. The number of halogens is 2. The van der Waals surface area contributed by atoms with Crippen molar-refractivity contribution in [1.29, 1.82) is 5.26 Å². The second-order valence-electron chi connectivity index (χ2n) is 4.69. The van der Waals surface area contributed by atoms with Gasteiger partial charge in [0.05, 0.1) is 5.56 Å². The fourth-order valence-electron chi connectivity index (χ4n) is 2.04. The van der Waals surface area contributed by atoms with Crippen LogP contribution in [0.3, 0.4) is 0 Å². The third-order valence-corrected chi connectivity index (χ3v) is 3.53. The highest BCUT2D eigenvalue weighted by Crippen LogP contribution is 2.16. The Hall–Kier alpha value is -1.70. The monoisotopic (exact) mass is 332 g/mol. The Morgan fingerprint density at radius 1 is 1.15 bits per heavy atom. The minimum atomic E-state index is -0.419. The van der Waals surface area contributed by atoms with E-state index in [4.69, 9.17) is 5.26 Å². The molecular weight excluding hydrogens is 319 g/mol. The van der Waals surface area contributed by atoms with Crippen molar-refractivity contribution in [3.05, 3.63) is 69.4 Å². The van der Waals surface area contributed by atoms with E-state index in [2.05, 4.69) is 15.9 Å². The molecule has 0 N–H and O–H groups in total. The molecule has 2 aromatic rings. The fourth-order valence-corrected chi connectivity index (χ4v) is 2.30. The second-order valence-corrected chi connectivity index (χ2v) is 5.60. The zero-order valence-electron chi connectivity index (χ0n) is 11.1. The Kier molecular flexibility index (Phi) is 4.89. The SMILES string of the molecule is CN(Cc1ccc(Br)cc1)Cc1cccc(C#N)c1F. The molecule has 0 bridgehead atoms. The van der Waals surface area contributed by atoms with Crippen molar-refractivity contribution in [2.45, 2.75) is 13.1 Å². The minimum absolute atomic E-state index is 0.0968. The van der Waals surface area contributed by atoms with Crippen LogP contribution >= 0.6 is 15.9 Å². The topological polar surface area (TPSA) is 27.0 Å². The molecule has 0 aromatic heterocycles. The summed E-state index contributed by atoms with van der Waals surface area (Å²) in [7, 11) is 1.93. The molecular formula is C16H14BrFN2. The van der Waals surface area contributed by atoms with Crippen molar-refractivity contribution in [1.82, 2.24) is 4.90 Å². The summed E-state index contributed by atoms with van der Waals surface area (Å²) in [6, 6.07) is 14.8. The van der Waals surface area contributed by atoms with Crippen molar-refractivity contribution < 1.29 is 4.39 Å². The summed E-state index contributed by atoms with van der Waals surface area (Å²) in [6.45, 7) is 1.20. The molecule has 0 saturated heterocycles. The molecule has 0 amide bonds. The molecule has 0 aliphatic carbocycles. The summed E-state index contributed by atoms with van der Waals surface area (Å²) in [5, 5.41) is 8.83. The van der Waals surface area contributed by atoms with Crippen molar-refractivity contribution in [3.63, 3.8) is 0 Å². The quantitative estimate of drug-likeness (QED) is 0.843. The third kappa shape index (κ3) is 3.66. The predicted octanol–water partition coefficient (Wildman–Crippen LogP) is 4.09. The zero-order valence-corrected chi connectivity index (χ0v) is 12.7. The summed E-state index contributed by atoms with van der Waals surface area (Å²) in [5.74, 6) is -0.419. The van der Waals surface area contributed by atoms with Gasteiger partial charge in [0, 0.05) is 23.1 Å². The van der Waals surface area contributed by atoms with E-state index in [0.29, 0.717) is 12.1 Å². The standard InChI is InChI=1S/C16H14BrFN2/c1-20(10-12-5-7-15(17)8-6-12)11-14-4-2-3-13(9-19)16(14)18/h2-8H,10-11H2,1H3. The van der Waals surface area contributed by atoms with Crippen molar-refractivity contribution in [2.24, 2.45) is 0 Å². The van der Waals surface area contributed by atoms with Gasteiger partial charge in [0.2, 0.25) is 0 Å². The molecule has 2 aromatic carbocycles. The largest absolute Gasteiger partial charge is 0.298 e. The average molecular weight is 333 g/mol.